The Morgan fingerprint density at radius 1 is 1.00 bits per heavy atom. The lowest BCUT2D eigenvalue weighted by molar-refractivity contribution is -0.162. The highest BCUT2D eigenvalue weighted by Crippen LogP contribution is 2.21. The van der Waals surface area contributed by atoms with Crippen LogP contribution in [0.15, 0.2) is 48.5 Å². The van der Waals surface area contributed by atoms with Crippen LogP contribution in [0.5, 0.6) is 11.5 Å². The summed E-state index contributed by atoms with van der Waals surface area (Å²) in [6.07, 6.45) is 0. The molecule has 0 spiro atoms. The maximum atomic E-state index is 12.2. The van der Waals surface area contributed by atoms with Gasteiger partial charge in [-0.3, -0.25) is 4.79 Å². The van der Waals surface area contributed by atoms with Gasteiger partial charge in [-0.25, -0.2) is 4.79 Å². The highest BCUT2D eigenvalue weighted by atomic mass is 35.5. The third-order valence-corrected chi connectivity index (χ3v) is 3.91. The largest absolute Gasteiger partial charge is 0.497 e. The van der Waals surface area contributed by atoms with Gasteiger partial charge in [0.25, 0.3) is 5.91 Å². The van der Waals surface area contributed by atoms with E-state index in [1.165, 1.54) is 0 Å². The average Bonchev–Trinajstić information content (AvgIpc) is 2.66. The molecule has 1 N–H and O–H groups in total. The number of carbonyl (C=O) groups is 2. The molecule has 0 aliphatic heterocycles. The molecule has 1 amide bonds. The molecule has 0 saturated carbocycles. The molecule has 0 heterocycles. The average molecular weight is 392 g/mol. The normalized spacial score (nSPS) is 10.8. The Balaban J connectivity index is 1.78. The molecule has 0 atom stereocenters. The van der Waals surface area contributed by atoms with Crippen LogP contribution < -0.4 is 14.8 Å². The minimum absolute atomic E-state index is 0.324. The summed E-state index contributed by atoms with van der Waals surface area (Å²) in [6.45, 7) is 3.08. The Labute approximate surface area is 163 Å². The van der Waals surface area contributed by atoms with Crippen LogP contribution in [0.25, 0.3) is 0 Å². The minimum Gasteiger partial charge on any atom is -0.497 e. The monoisotopic (exact) mass is 391 g/mol. The van der Waals surface area contributed by atoms with Crippen LogP contribution in [-0.2, 0) is 20.9 Å². The second-order valence-electron chi connectivity index (χ2n) is 6.27. The lowest BCUT2D eigenvalue weighted by Crippen LogP contribution is -2.41. The van der Waals surface area contributed by atoms with Crippen LogP contribution in [0.2, 0.25) is 5.02 Å². The molecule has 0 aliphatic carbocycles. The molecular formula is C20H22ClNO5. The highest BCUT2D eigenvalue weighted by molar-refractivity contribution is 6.30. The molecule has 27 heavy (non-hydrogen) atoms. The first-order valence-electron chi connectivity index (χ1n) is 8.31. The van der Waals surface area contributed by atoms with Crippen molar-refractivity contribution in [2.75, 3.05) is 13.7 Å². The summed E-state index contributed by atoms with van der Waals surface area (Å²) < 4.78 is 15.8. The Morgan fingerprint density at radius 2 is 1.59 bits per heavy atom. The van der Waals surface area contributed by atoms with Gasteiger partial charge in [-0.2, -0.15) is 0 Å². The lowest BCUT2D eigenvalue weighted by Gasteiger charge is -2.24. The fraction of sp³-hybridized carbons (Fsp3) is 0.300. The van der Waals surface area contributed by atoms with Crippen molar-refractivity contribution in [3.63, 3.8) is 0 Å². The number of carbonyl (C=O) groups excluding carboxylic acids is 2. The number of rotatable bonds is 8. The third kappa shape index (κ3) is 6.49. The standard InChI is InChI=1S/C20H22ClNO5/c1-20(2,27-17-10-6-15(21)7-11-17)19(24)26-13-18(23)22-12-14-4-8-16(25-3)9-5-14/h4-11H,12-13H2,1-3H3,(H,22,23). The van der Waals surface area contributed by atoms with Crippen molar-refractivity contribution >= 4 is 23.5 Å². The van der Waals surface area contributed by atoms with Gasteiger partial charge in [0, 0.05) is 11.6 Å². The zero-order valence-electron chi connectivity index (χ0n) is 15.5. The lowest BCUT2D eigenvalue weighted by atomic mass is 10.1. The Morgan fingerprint density at radius 3 is 2.19 bits per heavy atom. The summed E-state index contributed by atoms with van der Waals surface area (Å²) in [5, 5.41) is 3.25. The van der Waals surface area contributed by atoms with Gasteiger partial charge in [-0.1, -0.05) is 23.7 Å². The first-order chi connectivity index (χ1) is 12.8. The van der Waals surface area contributed by atoms with Crippen molar-refractivity contribution in [2.24, 2.45) is 0 Å². The van der Waals surface area contributed by atoms with Crippen LogP contribution in [0, 0.1) is 0 Å². The van der Waals surface area contributed by atoms with Gasteiger partial charge in [0.1, 0.15) is 11.5 Å². The van der Waals surface area contributed by atoms with Crippen molar-refractivity contribution in [1.82, 2.24) is 5.32 Å². The van der Waals surface area contributed by atoms with Crippen molar-refractivity contribution in [2.45, 2.75) is 26.0 Å². The van der Waals surface area contributed by atoms with Gasteiger partial charge in [-0.05, 0) is 55.8 Å². The van der Waals surface area contributed by atoms with E-state index in [2.05, 4.69) is 5.32 Å². The second kappa shape index (κ2) is 9.28. The first kappa shape index (κ1) is 20.6. The number of esters is 1. The SMILES string of the molecule is COc1ccc(CNC(=O)COC(=O)C(C)(C)Oc2ccc(Cl)cc2)cc1. The van der Waals surface area contributed by atoms with E-state index >= 15 is 0 Å². The van der Waals surface area contributed by atoms with Gasteiger partial charge in [0.15, 0.2) is 12.2 Å². The summed E-state index contributed by atoms with van der Waals surface area (Å²) in [7, 11) is 1.59. The Kier molecular flexibility index (Phi) is 7.07. The van der Waals surface area contributed by atoms with Crippen LogP contribution in [0.1, 0.15) is 19.4 Å². The molecular weight excluding hydrogens is 370 g/mol. The Hall–Kier alpha value is -2.73. The van der Waals surface area contributed by atoms with E-state index in [-0.39, 0.29) is 6.61 Å². The fourth-order valence-corrected chi connectivity index (χ4v) is 2.26. The van der Waals surface area contributed by atoms with Crippen LogP contribution >= 0.6 is 11.6 Å². The molecule has 0 saturated heterocycles. The summed E-state index contributed by atoms with van der Waals surface area (Å²) >= 11 is 5.82. The molecule has 2 rings (SSSR count). The minimum atomic E-state index is -1.25. The van der Waals surface area contributed by atoms with Gasteiger partial charge < -0.3 is 19.5 Å². The number of nitrogens with one attached hydrogen (secondary N) is 1. The van der Waals surface area contributed by atoms with Crippen molar-refractivity contribution in [3.8, 4) is 11.5 Å². The molecule has 0 fully saturated rings. The van der Waals surface area contributed by atoms with E-state index in [0.717, 1.165) is 11.3 Å². The molecule has 0 unspecified atom stereocenters. The third-order valence-electron chi connectivity index (χ3n) is 3.66. The number of benzene rings is 2. The number of hydrogen-bond acceptors (Lipinski definition) is 5. The predicted octanol–water partition coefficient (Wildman–Crippen LogP) is 3.37. The number of amides is 1. The summed E-state index contributed by atoms with van der Waals surface area (Å²) in [6, 6.07) is 13.9. The molecule has 144 valence electrons. The van der Waals surface area contributed by atoms with E-state index < -0.39 is 17.5 Å². The molecule has 6 nitrogen and oxygen atoms in total. The van der Waals surface area contributed by atoms with Crippen molar-refractivity contribution < 1.29 is 23.8 Å². The number of ether oxygens (including phenoxy) is 3. The number of halogens is 1. The maximum absolute atomic E-state index is 12.2. The van der Waals surface area contributed by atoms with E-state index in [1.54, 1.807) is 57.4 Å². The second-order valence-corrected chi connectivity index (χ2v) is 6.70. The number of hydrogen-bond donors (Lipinski definition) is 1. The predicted molar refractivity (Wildman–Crippen MR) is 102 cm³/mol. The van der Waals surface area contributed by atoms with E-state index in [0.29, 0.717) is 17.3 Å². The van der Waals surface area contributed by atoms with Gasteiger partial charge >= 0.3 is 5.97 Å². The first-order valence-corrected chi connectivity index (χ1v) is 8.69. The smallest absolute Gasteiger partial charge is 0.350 e. The highest BCUT2D eigenvalue weighted by Gasteiger charge is 2.32. The summed E-state index contributed by atoms with van der Waals surface area (Å²) in [5.74, 6) is 0.172. The quantitative estimate of drug-likeness (QED) is 0.698. The fourth-order valence-electron chi connectivity index (χ4n) is 2.14. The van der Waals surface area contributed by atoms with E-state index in [4.69, 9.17) is 25.8 Å². The van der Waals surface area contributed by atoms with E-state index in [1.807, 2.05) is 12.1 Å². The van der Waals surface area contributed by atoms with Crippen LogP contribution in [0.4, 0.5) is 0 Å². The Bertz CT molecular complexity index is 772. The molecule has 0 radical (unpaired) electrons. The zero-order valence-corrected chi connectivity index (χ0v) is 16.2. The summed E-state index contributed by atoms with van der Waals surface area (Å²) in [5.41, 5.74) is -0.341. The molecule has 2 aromatic rings. The van der Waals surface area contributed by atoms with Crippen molar-refractivity contribution in [1.29, 1.82) is 0 Å². The van der Waals surface area contributed by atoms with Gasteiger partial charge in [0.2, 0.25) is 0 Å². The number of methoxy groups -OCH3 is 1. The molecule has 0 bridgehead atoms. The molecule has 0 aromatic heterocycles. The maximum Gasteiger partial charge on any atom is 0.350 e. The molecule has 2 aromatic carbocycles. The molecule has 0 aliphatic rings. The summed E-state index contributed by atoms with van der Waals surface area (Å²) in [4.78, 5) is 24.1. The van der Waals surface area contributed by atoms with Crippen LogP contribution in [0.3, 0.4) is 0 Å². The van der Waals surface area contributed by atoms with Crippen LogP contribution in [-0.4, -0.2) is 31.2 Å². The van der Waals surface area contributed by atoms with Gasteiger partial charge in [-0.15, -0.1) is 0 Å². The molecule has 7 heteroatoms. The zero-order chi connectivity index (χ0) is 19.9. The van der Waals surface area contributed by atoms with Gasteiger partial charge in [0.05, 0.1) is 7.11 Å². The van der Waals surface area contributed by atoms with Crippen molar-refractivity contribution in [3.05, 3.63) is 59.1 Å². The topological polar surface area (TPSA) is 73.9 Å². The van der Waals surface area contributed by atoms with E-state index in [9.17, 15) is 9.59 Å².